The molecule has 0 heterocycles. The van der Waals surface area contributed by atoms with Crippen LogP contribution in [0.25, 0.3) is 0 Å². The third-order valence-corrected chi connectivity index (χ3v) is 6.63. The lowest BCUT2D eigenvalue weighted by Gasteiger charge is -2.54. The van der Waals surface area contributed by atoms with Gasteiger partial charge in [-0.3, -0.25) is 4.79 Å². The van der Waals surface area contributed by atoms with Crippen LogP contribution in [0.15, 0.2) is 12.1 Å². The molecule has 3 nitrogen and oxygen atoms in total. The summed E-state index contributed by atoms with van der Waals surface area (Å²) in [4.78, 5) is 12.5. The molecule has 0 spiro atoms. The van der Waals surface area contributed by atoms with Crippen molar-refractivity contribution < 1.29 is 27.4 Å². The Morgan fingerprint density at radius 3 is 2.46 bits per heavy atom. The minimum absolute atomic E-state index is 0.0325. The molecule has 3 atom stereocenters. The average molecular weight is 370 g/mol. The van der Waals surface area contributed by atoms with Crippen molar-refractivity contribution in [3.05, 3.63) is 28.8 Å². The predicted octanol–water partition coefficient (Wildman–Crippen LogP) is 4.90. The number of esters is 1. The minimum atomic E-state index is -4.45. The van der Waals surface area contributed by atoms with E-state index in [4.69, 9.17) is 9.47 Å². The van der Waals surface area contributed by atoms with Gasteiger partial charge in [0, 0.05) is 0 Å². The number of carbonyl (C=O) groups excluding carboxylic acids is 1. The van der Waals surface area contributed by atoms with Gasteiger partial charge in [0.05, 0.1) is 25.2 Å². The smallest absolute Gasteiger partial charge is 0.419 e. The quantitative estimate of drug-likeness (QED) is 0.695. The molecule has 6 heteroatoms. The fourth-order valence-corrected chi connectivity index (χ4v) is 5.36. The van der Waals surface area contributed by atoms with Crippen LogP contribution in [0.4, 0.5) is 13.2 Å². The first-order valence-corrected chi connectivity index (χ1v) is 8.95. The fourth-order valence-electron chi connectivity index (χ4n) is 5.36. The number of benzene rings is 1. The molecule has 0 amide bonds. The number of ether oxygens (including phenoxy) is 2. The van der Waals surface area contributed by atoms with E-state index in [1.165, 1.54) is 20.3 Å². The van der Waals surface area contributed by atoms with Crippen molar-refractivity contribution in [2.45, 2.75) is 57.5 Å². The van der Waals surface area contributed by atoms with E-state index in [9.17, 15) is 18.0 Å². The molecule has 1 aromatic carbocycles. The van der Waals surface area contributed by atoms with Crippen molar-refractivity contribution in [1.82, 2.24) is 0 Å². The lowest BCUT2D eigenvalue weighted by molar-refractivity contribution is -0.161. The van der Waals surface area contributed by atoms with Gasteiger partial charge in [-0.2, -0.15) is 13.2 Å². The van der Waals surface area contributed by atoms with E-state index in [0.29, 0.717) is 18.4 Å². The van der Waals surface area contributed by atoms with Gasteiger partial charge in [-0.25, -0.2) is 0 Å². The molecule has 0 bridgehead atoms. The molecule has 2 aliphatic carbocycles. The van der Waals surface area contributed by atoms with Crippen LogP contribution in [0.3, 0.4) is 0 Å². The van der Waals surface area contributed by atoms with Crippen LogP contribution >= 0.6 is 0 Å². The number of fused-ring (bicyclic) bond motifs is 3. The summed E-state index contributed by atoms with van der Waals surface area (Å²) in [5.41, 5.74) is -0.117. The average Bonchev–Trinajstić information content (AvgIpc) is 2.59. The standard InChI is InChI=1S/C20H25F3O3/c1-18-8-5-9-19(2,17(24)26-4)16(18)7-6-12-10-14(20(21,22)23)15(25-3)11-13(12)18/h10-11,16H,5-9H2,1-4H3/t16?,18-,19-/m0/s1. The van der Waals surface area contributed by atoms with Crippen molar-refractivity contribution in [1.29, 1.82) is 0 Å². The fraction of sp³-hybridized carbons (Fsp3) is 0.650. The van der Waals surface area contributed by atoms with E-state index in [1.54, 1.807) is 6.07 Å². The van der Waals surface area contributed by atoms with Crippen LogP contribution < -0.4 is 4.74 Å². The maximum atomic E-state index is 13.4. The van der Waals surface area contributed by atoms with Gasteiger partial charge in [0.2, 0.25) is 0 Å². The Bertz CT molecular complexity index is 728. The van der Waals surface area contributed by atoms with Crippen molar-refractivity contribution in [3.8, 4) is 5.75 Å². The van der Waals surface area contributed by atoms with Crippen LogP contribution in [-0.2, 0) is 27.5 Å². The van der Waals surface area contributed by atoms with Gasteiger partial charge < -0.3 is 9.47 Å². The van der Waals surface area contributed by atoms with Crippen molar-refractivity contribution in [3.63, 3.8) is 0 Å². The maximum absolute atomic E-state index is 13.4. The largest absolute Gasteiger partial charge is 0.496 e. The molecule has 0 N–H and O–H groups in total. The molecule has 0 aromatic heterocycles. The Kier molecular flexibility index (Phi) is 4.52. The zero-order valence-corrected chi connectivity index (χ0v) is 15.6. The second kappa shape index (κ2) is 6.17. The molecule has 0 radical (unpaired) electrons. The molecule has 0 saturated heterocycles. The minimum Gasteiger partial charge on any atom is -0.496 e. The number of hydrogen-bond donors (Lipinski definition) is 0. The van der Waals surface area contributed by atoms with Crippen molar-refractivity contribution in [2.75, 3.05) is 14.2 Å². The molecule has 0 aliphatic heterocycles. The summed E-state index contributed by atoms with van der Waals surface area (Å²) in [6, 6.07) is 2.78. The first-order valence-electron chi connectivity index (χ1n) is 8.95. The van der Waals surface area contributed by atoms with Gasteiger partial charge in [-0.15, -0.1) is 0 Å². The van der Waals surface area contributed by atoms with Crippen LogP contribution in [0, 0.1) is 11.3 Å². The summed E-state index contributed by atoms with van der Waals surface area (Å²) < 4.78 is 50.2. The Labute approximate surface area is 151 Å². The van der Waals surface area contributed by atoms with E-state index in [2.05, 4.69) is 6.92 Å². The Balaban J connectivity index is 2.14. The second-order valence-corrected chi connectivity index (χ2v) is 7.98. The summed E-state index contributed by atoms with van der Waals surface area (Å²) in [7, 11) is 2.66. The molecule has 144 valence electrons. The van der Waals surface area contributed by atoms with E-state index >= 15 is 0 Å². The van der Waals surface area contributed by atoms with Crippen LogP contribution in [0.5, 0.6) is 5.75 Å². The summed E-state index contributed by atoms with van der Waals surface area (Å²) in [5, 5.41) is 0. The van der Waals surface area contributed by atoms with Gasteiger partial charge in [-0.05, 0) is 67.2 Å². The normalized spacial score (nSPS) is 31.0. The van der Waals surface area contributed by atoms with Crippen molar-refractivity contribution in [2.24, 2.45) is 11.3 Å². The summed E-state index contributed by atoms with van der Waals surface area (Å²) in [5.74, 6) is -0.343. The zero-order valence-electron chi connectivity index (χ0n) is 15.6. The second-order valence-electron chi connectivity index (χ2n) is 7.98. The highest BCUT2D eigenvalue weighted by molar-refractivity contribution is 5.77. The number of aryl methyl sites for hydroxylation is 1. The predicted molar refractivity (Wildman–Crippen MR) is 91.1 cm³/mol. The number of methoxy groups -OCH3 is 2. The number of hydrogen-bond acceptors (Lipinski definition) is 3. The monoisotopic (exact) mass is 370 g/mol. The van der Waals surface area contributed by atoms with E-state index in [1.807, 2.05) is 6.92 Å². The van der Waals surface area contributed by atoms with Crippen LogP contribution in [0.1, 0.15) is 56.2 Å². The number of halogens is 3. The molecule has 26 heavy (non-hydrogen) atoms. The molecule has 1 unspecified atom stereocenters. The third kappa shape index (κ3) is 2.69. The lowest BCUT2D eigenvalue weighted by atomic mass is 9.49. The summed E-state index contributed by atoms with van der Waals surface area (Å²) in [6.07, 6.45) is -0.834. The summed E-state index contributed by atoms with van der Waals surface area (Å²) in [6.45, 7) is 4.01. The number of alkyl halides is 3. The molecule has 1 fully saturated rings. The Hall–Kier alpha value is -1.72. The lowest BCUT2D eigenvalue weighted by Crippen LogP contribution is -2.52. The van der Waals surface area contributed by atoms with E-state index < -0.39 is 17.2 Å². The van der Waals surface area contributed by atoms with Gasteiger partial charge >= 0.3 is 12.1 Å². The summed E-state index contributed by atoms with van der Waals surface area (Å²) >= 11 is 0. The highest BCUT2D eigenvalue weighted by Crippen LogP contribution is 2.58. The van der Waals surface area contributed by atoms with E-state index in [-0.39, 0.29) is 23.1 Å². The van der Waals surface area contributed by atoms with Crippen LogP contribution in [0.2, 0.25) is 0 Å². The molecular weight excluding hydrogens is 345 g/mol. The third-order valence-electron chi connectivity index (χ3n) is 6.63. The highest BCUT2D eigenvalue weighted by atomic mass is 19.4. The first-order chi connectivity index (χ1) is 12.1. The molecule has 2 aliphatic rings. The SMILES string of the molecule is COC(=O)[C@@]1(C)CCC[C@@]2(C)c3cc(OC)c(C(F)(F)F)cc3CCC21. The maximum Gasteiger partial charge on any atom is 0.419 e. The van der Waals surface area contributed by atoms with Gasteiger partial charge in [-0.1, -0.05) is 13.3 Å². The zero-order chi connectivity index (χ0) is 19.3. The highest BCUT2D eigenvalue weighted by Gasteiger charge is 2.56. The Morgan fingerprint density at radius 2 is 1.88 bits per heavy atom. The van der Waals surface area contributed by atoms with Gasteiger partial charge in [0.1, 0.15) is 5.75 Å². The van der Waals surface area contributed by atoms with E-state index in [0.717, 1.165) is 24.8 Å². The topological polar surface area (TPSA) is 35.5 Å². The molecule has 3 rings (SSSR count). The molecule has 1 aromatic rings. The van der Waals surface area contributed by atoms with Gasteiger partial charge in [0.15, 0.2) is 0 Å². The number of carbonyl (C=O) groups is 1. The van der Waals surface area contributed by atoms with Gasteiger partial charge in [0.25, 0.3) is 0 Å². The molecular formula is C20H25F3O3. The number of rotatable bonds is 2. The van der Waals surface area contributed by atoms with Crippen LogP contribution in [-0.4, -0.2) is 20.2 Å². The molecule has 1 saturated carbocycles. The van der Waals surface area contributed by atoms with Crippen molar-refractivity contribution >= 4 is 5.97 Å². The Morgan fingerprint density at radius 1 is 1.19 bits per heavy atom. The first kappa shape index (κ1) is 19.1.